The second-order valence-electron chi connectivity index (χ2n) is 3.55. The van der Waals surface area contributed by atoms with Crippen molar-refractivity contribution < 1.29 is 9.53 Å². The van der Waals surface area contributed by atoms with Crippen LogP contribution >= 0.6 is 12.4 Å². The predicted molar refractivity (Wildman–Crippen MR) is 63.8 cm³/mol. The summed E-state index contributed by atoms with van der Waals surface area (Å²) in [6.45, 7) is 2.36. The Bertz CT molecular complexity index is 365. The fraction of sp³-hybridized carbons (Fsp3) is 0.364. The molecule has 1 aromatic rings. The predicted octanol–water partition coefficient (Wildman–Crippen LogP) is 0.868. The number of nitrogens with two attached hydrogens (primary N) is 1. The van der Waals surface area contributed by atoms with Crippen LogP contribution in [0.4, 0.5) is 0 Å². The van der Waals surface area contributed by atoms with Gasteiger partial charge in [0.2, 0.25) is 5.91 Å². The van der Waals surface area contributed by atoms with Gasteiger partial charge in [0.25, 0.3) is 0 Å². The normalized spacial score (nSPS) is 19.9. The minimum Gasteiger partial charge on any atom is -0.371 e. The van der Waals surface area contributed by atoms with Gasteiger partial charge in [-0.25, -0.2) is 0 Å². The van der Waals surface area contributed by atoms with E-state index < -0.39 is 5.91 Å². The van der Waals surface area contributed by atoms with Crippen molar-refractivity contribution in [1.82, 2.24) is 5.32 Å². The highest BCUT2D eigenvalue weighted by Gasteiger charge is 2.16. The van der Waals surface area contributed by atoms with Crippen molar-refractivity contribution in [1.29, 1.82) is 0 Å². The first-order valence-electron chi connectivity index (χ1n) is 4.99. The third-order valence-corrected chi connectivity index (χ3v) is 2.47. The van der Waals surface area contributed by atoms with Crippen molar-refractivity contribution in [3.8, 4) is 0 Å². The van der Waals surface area contributed by atoms with Crippen molar-refractivity contribution in [3.63, 3.8) is 0 Å². The van der Waals surface area contributed by atoms with E-state index in [0.29, 0.717) is 12.2 Å². The van der Waals surface area contributed by atoms with E-state index in [-0.39, 0.29) is 18.5 Å². The molecule has 0 radical (unpaired) electrons. The number of morpholine rings is 1. The summed E-state index contributed by atoms with van der Waals surface area (Å²) in [6.07, 6.45) is 0.0260. The van der Waals surface area contributed by atoms with Gasteiger partial charge in [-0.05, 0) is 17.7 Å². The Labute approximate surface area is 101 Å². The second kappa shape index (κ2) is 5.84. The highest BCUT2D eigenvalue weighted by Crippen LogP contribution is 2.19. The topological polar surface area (TPSA) is 64.4 Å². The molecule has 1 aliphatic heterocycles. The summed E-state index contributed by atoms with van der Waals surface area (Å²) in [4.78, 5) is 11.0. The Hall–Kier alpha value is -1.10. The molecule has 5 heteroatoms. The van der Waals surface area contributed by atoms with Gasteiger partial charge in [-0.15, -0.1) is 12.4 Å². The number of halogens is 1. The molecular weight excluding hydrogens is 228 g/mol. The third-order valence-electron chi connectivity index (χ3n) is 2.47. The molecule has 1 atom stereocenters. The van der Waals surface area contributed by atoms with Crippen molar-refractivity contribution in [2.45, 2.75) is 6.10 Å². The van der Waals surface area contributed by atoms with Gasteiger partial charge in [-0.2, -0.15) is 0 Å². The molecule has 0 saturated carbocycles. The van der Waals surface area contributed by atoms with Crippen LogP contribution in [-0.2, 0) is 4.74 Å². The molecular formula is C11H15ClN2O2. The van der Waals surface area contributed by atoms with E-state index in [1.165, 1.54) is 0 Å². The molecule has 1 aliphatic rings. The maximum Gasteiger partial charge on any atom is 0.248 e. The molecule has 88 valence electrons. The van der Waals surface area contributed by atoms with E-state index >= 15 is 0 Å². The van der Waals surface area contributed by atoms with E-state index in [1.54, 1.807) is 12.1 Å². The van der Waals surface area contributed by atoms with E-state index in [0.717, 1.165) is 18.7 Å². The first-order chi connectivity index (χ1) is 7.27. The molecule has 0 unspecified atom stereocenters. The number of amides is 1. The van der Waals surface area contributed by atoms with Crippen LogP contribution < -0.4 is 11.1 Å². The summed E-state index contributed by atoms with van der Waals surface area (Å²) in [5, 5.41) is 3.24. The smallest absolute Gasteiger partial charge is 0.248 e. The van der Waals surface area contributed by atoms with Crippen LogP contribution in [0.15, 0.2) is 24.3 Å². The van der Waals surface area contributed by atoms with Gasteiger partial charge in [-0.3, -0.25) is 4.79 Å². The molecule has 1 amide bonds. The number of carbonyl (C=O) groups is 1. The van der Waals surface area contributed by atoms with Gasteiger partial charge < -0.3 is 15.8 Å². The van der Waals surface area contributed by atoms with Crippen LogP contribution in [0, 0.1) is 0 Å². The number of nitrogens with one attached hydrogen (secondary N) is 1. The quantitative estimate of drug-likeness (QED) is 0.809. The highest BCUT2D eigenvalue weighted by molar-refractivity contribution is 5.92. The number of benzene rings is 1. The van der Waals surface area contributed by atoms with Gasteiger partial charge >= 0.3 is 0 Å². The average molecular weight is 243 g/mol. The molecule has 1 aromatic carbocycles. The lowest BCUT2D eigenvalue weighted by Crippen LogP contribution is -2.33. The molecule has 1 heterocycles. The van der Waals surface area contributed by atoms with Crippen molar-refractivity contribution in [2.24, 2.45) is 5.73 Å². The van der Waals surface area contributed by atoms with Crippen molar-refractivity contribution in [2.75, 3.05) is 19.7 Å². The monoisotopic (exact) mass is 242 g/mol. The summed E-state index contributed by atoms with van der Waals surface area (Å²) in [5.74, 6) is -0.402. The van der Waals surface area contributed by atoms with Gasteiger partial charge in [0, 0.05) is 18.7 Å². The number of carbonyl (C=O) groups excluding carboxylic acids is 1. The van der Waals surface area contributed by atoms with E-state index in [4.69, 9.17) is 10.5 Å². The summed E-state index contributed by atoms with van der Waals surface area (Å²) < 4.78 is 5.58. The Morgan fingerprint density at radius 3 is 2.94 bits per heavy atom. The zero-order valence-corrected chi connectivity index (χ0v) is 9.63. The molecule has 0 aromatic heterocycles. The molecule has 0 aliphatic carbocycles. The lowest BCUT2D eigenvalue weighted by Gasteiger charge is -2.24. The Kier molecular flexibility index (Phi) is 4.73. The number of ether oxygens (including phenoxy) is 1. The number of rotatable bonds is 2. The summed E-state index contributed by atoms with van der Waals surface area (Å²) in [5.41, 5.74) is 6.74. The second-order valence-corrected chi connectivity index (χ2v) is 3.55. The SMILES string of the molecule is Cl.NC(=O)c1cccc([C@@H]2CNCCO2)c1. The molecule has 0 bridgehead atoms. The average Bonchev–Trinajstić information content (AvgIpc) is 2.30. The Balaban J connectivity index is 0.00000128. The molecule has 16 heavy (non-hydrogen) atoms. The summed E-state index contributed by atoms with van der Waals surface area (Å²) in [6, 6.07) is 7.28. The van der Waals surface area contributed by atoms with Gasteiger partial charge in [0.05, 0.1) is 12.7 Å². The van der Waals surface area contributed by atoms with Gasteiger partial charge in [-0.1, -0.05) is 12.1 Å². The van der Waals surface area contributed by atoms with Crippen LogP contribution in [0.1, 0.15) is 22.0 Å². The number of primary amides is 1. The fourth-order valence-corrected chi connectivity index (χ4v) is 1.67. The number of hydrogen-bond donors (Lipinski definition) is 2. The van der Waals surface area contributed by atoms with Crippen LogP contribution in [0.3, 0.4) is 0 Å². The van der Waals surface area contributed by atoms with E-state index in [9.17, 15) is 4.79 Å². The molecule has 0 spiro atoms. The Morgan fingerprint density at radius 1 is 1.50 bits per heavy atom. The van der Waals surface area contributed by atoms with E-state index in [2.05, 4.69) is 5.32 Å². The third kappa shape index (κ3) is 2.95. The van der Waals surface area contributed by atoms with Crippen molar-refractivity contribution in [3.05, 3.63) is 35.4 Å². The number of hydrogen-bond acceptors (Lipinski definition) is 3. The van der Waals surface area contributed by atoms with Crippen LogP contribution in [0.25, 0.3) is 0 Å². The van der Waals surface area contributed by atoms with E-state index in [1.807, 2.05) is 12.1 Å². The standard InChI is InChI=1S/C11H14N2O2.ClH/c12-11(14)9-3-1-2-8(6-9)10-7-13-4-5-15-10;/h1-3,6,10,13H,4-5,7H2,(H2,12,14);1H/t10-;/m0./s1. The molecule has 3 N–H and O–H groups in total. The maximum absolute atomic E-state index is 11.0. The Morgan fingerprint density at radius 2 is 2.31 bits per heavy atom. The lowest BCUT2D eigenvalue weighted by molar-refractivity contribution is 0.0277. The van der Waals surface area contributed by atoms with Gasteiger partial charge in [0.15, 0.2) is 0 Å². The summed E-state index contributed by atoms with van der Waals surface area (Å²) in [7, 11) is 0. The van der Waals surface area contributed by atoms with Crippen molar-refractivity contribution >= 4 is 18.3 Å². The van der Waals surface area contributed by atoms with Crippen LogP contribution in [0.5, 0.6) is 0 Å². The minimum absolute atomic E-state index is 0. The van der Waals surface area contributed by atoms with Gasteiger partial charge in [0.1, 0.15) is 0 Å². The van der Waals surface area contributed by atoms with Crippen LogP contribution in [0.2, 0.25) is 0 Å². The molecule has 2 rings (SSSR count). The zero-order chi connectivity index (χ0) is 10.7. The molecule has 1 fully saturated rings. The minimum atomic E-state index is -0.402. The molecule has 4 nitrogen and oxygen atoms in total. The molecule has 1 saturated heterocycles. The lowest BCUT2D eigenvalue weighted by atomic mass is 10.0. The zero-order valence-electron chi connectivity index (χ0n) is 8.81. The highest BCUT2D eigenvalue weighted by atomic mass is 35.5. The first-order valence-corrected chi connectivity index (χ1v) is 4.99. The first kappa shape index (κ1) is 13.0. The fourth-order valence-electron chi connectivity index (χ4n) is 1.67. The summed E-state index contributed by atoms with van der Waals surface area (Å²) >= 11 is 0. The maximum atomic E-state index is 11.0. The largest absolute Gasteiger partial charge is 0.371 e. The van der Waals surface area contributed by atoms with Crippen LogP contribution in [-0.4, -0.2) is 25.6 Å².